The average molecular weight is 223 g/mol. The maximum atomic E-state index is 9.67. The summed E-state index contributed by atoms with van der Waals surface area (Å²) in [5, 5.41) is 9.67. The van der Waals surface area contributed by atoms with Crippen LogP contribution in [0.3, 0.4) is 0 Å². The Bertz CT molecular complexity index is 511. The summed E-state index contributed by atoms with van der Waals surface area (Å²) in [5.41, 5.74) is 3.06. The molecule has 2 heteroatoms. The van der Waals surface area contributed by atoms with E-state index in [1.54, 1.807) is 0 Å². The van der Waals surface area contributed by atoms with Gasteiger partial charge in [0.25, 0.3) is 0 Å². The highest BCUT2D eigenvalue weighted by molar-refractivity contribution is 5.63. The first-order valence-electron chi connectivity index (χ1n) is 5.48. The lowest BCUT2D eigenvalue weighted by molar-refractivity contribution is 0.195. The van der Waals surface area contributed by atoms with Crippen LogP contribution < -0.4 is 0 Å². The molecule has 2 rings (SSSR count). The molecule has 0 aliphatic heterocycles. The maximum absolute atomic E-state index is 9.67. The Hall–Kier alpha value is -2.11. The van der Waals surface area contributed by atoms with Crippen LogP contribution in [0.1, 0.15) is 11.7 Å². The molecule has 1 N–H and O–H groups in total. The largest absolute Gasteiger partial charge is 0.381 e. The van der Waals surface area contributed by atoms with Crippen LogP contribution in [0.5, 0.6) is 0 Å². The van der Waals surface area contributed by atoms with Gasteiger partial charge in [0, 0.05) is 0 Å². The molecule has 84 valence electrons. The minimum absolute atomic E-state index is 0.116. The zero-order chi connectivity index (χ0) is 12.1. The average Bonchev–Trinajstić information content (AvgIpc) is 2.40. The lowest BCUT2D eigenvalue weighted by atomic mass is 10.0. The summed E-state index contributed by atoms with van der Waals surface area (Å²) in [5.74, 6) is 0. The second-order valence-electron chi connectivity index (χ2n) is 3.84. The second-order valence-corrected chi connectivity index (χ2v) is 3.84. The van der Waals surface area contributed by atoms with Crippen LogP contribution in [0, 0.1) is 6.57 Å². The number of aliphatic hydroxyl groups excluding tert-OH is 1. The number of rotatable bonds is 3. The van der Waals surface area contributed by atoms with Crippen LogP contribution in [-0.2, 0) is 0 Å². The highest BCUT2D eigenvalue weighted by atomic mass is 16.3. The van der Waals surface area contributed by atoms with Crippen molar-refractivity contribution in [1.29, 1.82) is 0 Å². The van der Waals surface area contributed by atoms with E-state index in [0.29, 0.717) is 0 Å². The van der Waals surface area contributed by atoms with Crippen molar-refractivity contribution in [1.82, 2.24) is 0 Å². The number of benzene rings is 2. The first-order chi connectivity index (χ1) is 8.31. The van der Waals surface area contributed by atoms with Crippen molar-refractivity contribution < 1.29 is 5.11 Å². The molecule has 0 spiro atoms. The summed E-state index contributed by atoms with van der Waals surface area (Å²) in [6.07, 6.45) is -0.683. The number of hydrogen-bond acceptors (Lipinski definition) is 1. The van der Waals surface area contributed by atoms with Crippen LogP contribution in [0.15, 0.2) is 54.6 Å². The van der Waals surface area contributed by atoms with Crippen molar-refractivity contribution >= 4 is 0 Å². The number of hydrogen-bond donors (Lipinski definition) is 1. The van der Waals surface area contributed by atoms with Crippen molar-refractivity contribution in [2.75, 3.05) is 6.54 Å². The molecule has 17 heavy (non-hydrogen) atoms. The van der Waals surface area contributed by atoms with E-state index in [2.05, 4.69) is 4.85 Å². The van der Waals surface area contributed by atoms with Gasteiger partial charge in [0.2, 0.25) is 6.54 Å². The van der Waals surface area contributed by atoms with E-state index in [9.17, 15) is 5.11 Å². The van der Waals surface area contributed by atoms with Gasteiger partial charge in [-0.15, -0.1) is 0 Å². The Labute approximate surface area is 101 Å². The zero-order valence-electron chi connectivity index (χ0n) is 9.38. The van der Waals surface area contributed by atoms with Crippen molar-refractivity contribution in [2.45, 2.75) is 6.10 Å². The van der Waals surface area contributed by atoms with E-state index in [4.69, 9.17) is 6.57 Å². The summed E-state index contributed by atoms with van der Waals surface area (Å²) < 4.78 is 0. The minimum atomic E-state index is -0.683. The van der Waals surface area contributed by atoms with Crippen LogP contribution in [0.25, 0.3) is 16.0 Å². The lowest BCUT2D eigenvalue weighted by Gasteiger charge is -2.06. The lowest BCUT2D eigenvalue weighted by Crippen LogP contribution is -1.99. The molecule has 0 aliphatic carbocycles. The van der Waals surface area contributed by atoms with Crippen LogP contribution >= 0.6 is 0 Å². The quantitative estimate of drug-likeness (QED) is 0.793. The maximum Gasteiger partial charge on any atom is 0.244 e. The second kappa shape index (κ2) is 5.29. The topological polar surface area (TPSA) is 24.6 Å². The molecule has 0 aliphatic rings. The standard InChI is InChI=1S/C15H13NO/c1-16-11-15(17)14-9-7-13(8-10-14)12-5-3-2-4-6-12/h2-10,15,17H,11H2. The molecule has 0 aromatic heterocycles. The van der Waals surface area contributed by atoms with Gasteiger partial charge in [0.15, 0.2) is 6.10 Å². The highest BCUT2D eigenvalue weighted by Crippen LogP contribution is 2.21. The smallest absolute Gasteiger partial charge is 0.244 e. The predicted octanol–water partition coefficient (Wildman–Crippen LogP) is 3.31. The first-order valence-corrected chi connectivity index (χ1v) is 5.48. The Kier molecular flexibility index (Phi) is 3.54. The van der Waals surface area contributed by atoms with E-state index in [-0.39, 0.29) is 6.54 Å². The Morgan fingerprint density at radius 2 is 1.53 bits per heavy atom. The zero-order valence-corrected chi connectivity index (χ0v) is 9.38. The van der Waals surface area contributed by atoms with E-state index in [1.165, 1.54) is 0 Å². The van der Waals surface area contributed by atoms with Gasteiger partial charge < -0.3 is 9.95 Å². The van der Waals surface area contributed by atoms with E-state index < -0.39 is 6.10 Å². The summed E-state index contributed by atoms with van der Waals surface area (Å²) in [7, 11) is 0. The molecular formula is C15H13NO. The van der Waals surface area contributed by atoms with Gasteiger partial charge >= 0.3 is 0 Å². The monoisotopic (exact) mass is 223 g/mol. The first kappa shape index (κ1) is 11.4. The van der Waals surface area contributed by atoms with E-state index in [0.717, 1.165) is 16.7 Å². The van der Waals surface area contributed by atoms with Crippen molar-refractivity contribution in [2.24, 2.45) is 0 Å². The van der Waals surface area contributed by atoms with Gasteiger partial charge in [0.1, 0.15) is 0 Å². The molecule has 0 heterocycles. The van der Waals surface area contributed by atoms with Crippen LogP contribution in [0.4, 0.5) is 0 Å². The summed E-state index contributed by atoms with van der Waals surface area (Å²) in [6.45, 7) is 6.84. The molecular weight excluding hydrogens is 210 g/mol. The molecule has 0 fully saturated rings. The van der Waals surface area contributed by atoms with Gasteiger partial charge in [-0.25, -0.2) is 6.57 Å². The highest BCUT2D eigenvalue weighted by Gasteiger charge is 2.09. The molecule has 0 saturated heterocycles. The van der Waals surface area contributed by atoms with Gasteiger partial charge in [-0.05, 0) is 16.7 Å². The fourth-order valence-corrected chi connectivity index (χ4v) is 1.72. The molecule has 0 radical (unpaired) electrons. The van der Waals surface area contributed by atoms with Gasteiger partial charge in [-0.1, -0.05) is 54.6 Å². The third-order valence-corrected chi connectivity index (χ3v) is 2.67. The van der Waals surface area contributed by atoms with Crippen molar-refractivity contribution in [3.63, 3.8) is 0 Å². The Morgan fingerprint density at radius 3 is 2.12 bits per heavy atom. The Balaban J connectivity index is 2.22. The molecule has 1 atom stereocenters. The van der Waals surface area contributed by atoms with Gasteiger partial charge in [0.05, 0.1) is 0 Å². The van der Waals surface area contributed by atoms with Crippen LogP contribution in [0.2, 0.25) is 0 Å². The number of aliphatic hydroxyl groups is 1. The SMILES string of the molecule is [C-]#[N+]CC(O)c1ccc(-c2ccccc2)cc1. The van der Waals surface area contributed by atoms with Gasteiger partial charge in [-0.3, -0.25) is 0 Å². The molecule has 0 saturated carbocycles. The molecule has 0 bridgehead atoms. The molecule has 1 unspecified atom stereocenters. The Morgan fingerprint density at radius 1 is 0.941 bits per heavy atom. The normalized spacial score (nSPS) is 11.8. The summed E-state index contributed by atoms with van der Waals surface area (Å²) in [6, 6.07) is 17.8. The molecule has 2 nitrogen and oxygen atoms in total. The van der Waals surface area contributed by atoms with Crippen molar-refractivity contribution in [3.8, 4) is 11.1 Å². The predicted molar refractivity (Wildman–Crippen MR) is 68.3 cm³/mol. The van der Waals surface area contributed by atoms with Crippen molar-refractivity contribution in [3.05, 3.63) is 71.6 Å². The molecule has 2 aromatic rings. The van der Waals surface area contributed by atoms with E-state index in [1.807, 2.05) is 54.6 Å². The fraction of sp³-hybridized carbons (Fsp3) is 0.133. The van der Waals surface area contributed by atoms with E-state index >= 15 is 0 Å². The molecule has 2 aromatic carbocycles. The molecule has 0 amide bonds. The summed E-state index contributed by atoms with van der Waals surface area (Å²) in [4.78, 5) is 3.19. The van der Waals surface area contributed by atoms with Gasteiger partial charge in [-0.2, -0.15) is 0 Å². The minimum Gasteiger partial charge on any atom is -0.381 e. The number of nitrogens with zero attached hydrogens (tertiary/aromatic N) is 1. The summed E-state index contributed by atoms with van der Waals surface area (Å²) >= 11 is 0. The van der Waals surface area contributed by atoms with Crippen LogP contribution in [-0.4, -0.2) is 11.7 Å². The third kappa shape index (κ3) is 2.72. The fourth-order valence-electron chi connectivity index (χ4n) is 1.72. The third-order valence-electron chi connectivity index (χ3n) is 2.67.